The number of nitrogens with zero attached hydrogens (tertiary/aromatic N) is 4. The smallest absolute Gasteiger partial charge is 0.357 e. The summed E-state index contributed by atoms with van der Waals surface area (Å²) in [6.45, 7) is 5.60. The van der Waals surface area contributed by atoms with E-state index in [1.807, 2.05) is 4.90 Å². The maximum Gasteiger partial charge on any atom is 0.357 e. The third kappa shape index (κ3) is 3.68. The van der Waals surface area contributed by atoms with E-state index in [0.717, 1.165) is 39.3 Å². The van der Waals surface area contributed by atoms with Gasteiger partial charge in [0.05, 0.1) is 0 Å². The third-order valence-corrected chi connectivity index (χ3v) is 3.22. The molecular formula is C12H20N4O3. The number of carboxylic acids is 1. The van der Waals surface area contributed by atoms with Crippen molar-refractivity contribution in [3.63, 3.8) is 0 Å². The summed E-state index contributed by atoms with van der Waals surface area (Å²) in [5, 5.41) is 8.81. The van der Waals surface area contributed by atoms with Gasteiger partial charge in [-0.15, -0.1) is 0 Å². The number of anilines is 1. The average Bonchev–Trinajstić information content (AvgIpc) is 2.86. The van der Waals surface area contributed by atoms with Crippen LogP contribution < -0.4 is 4.90 Å². The minimum atomic E-state index is -1.06. The second-order valence-electron chi connectivity index (χ2n) is 4.95. The number of piperazine rings is 1. The first-order chi connectivity index (χ1) is 9.06. The van der Waals surface area contributed by atoms with Gasteiger partial charge in [-0.2, -0.15) is 4.98 Å². The lowest BCUT2D eigenvalue weighted by molar-refractivity contribution is 0.0690. The van der Waals surface area contributed by atoms with Crippen LogP contribution in [0.5, 0.6) is 0 Å². The van der Waals surface area contributed by atoms with E-state index in [1.54, 1.807) is 0 Å². The third-order valence-electron chi connectivity index (χ3n) is 3.22. The second kappa shape index (κ2) is 6.03. The molecule has 19 heavy (non-hydrogen) atoms. The van der Waals surface area contributed by atoms with E-state index in [-0.39, 0.29) is 5.69 Å². The zero-order valence-corrected chi connectivity index (χ0v) is 11.4. The Morgan fingerprint density at radius 2 is 2.11 bits per heavy atom. The highest BCUT2D eigenvalue weighted by Crippen LogP contribution is 2.15. The fraction of sp³-hybridized carbons (Fsp3) is 0.667. The van der Waals surface area contributed by atoms with Crippen molar-refractivity contribution in [1.82, 2.24) is 14.8 Å². The zero-order chi connectivity index (χ0) is 13.8. The lowest BCUT2D eigenvalue weighted by atomic mass is 10.3. The number of aromatic carboxylic acids is 1. The van der Waals surface area contributed by atoms with Crippen molar-refractivity contribution >= 4 is 12.0 Å². The SMILES string of the molecule is CN(C)CCN1CCN(c2nc(C(=O)O)co2)CC1. The quantitative estimate of drug-likeness (QED) is 0.809. The number of rotatable bonds is 5. The van der Waals surface area contributed by atoms with Crippen LogP contribution in [0.2, 0.25) is 0 Å². The molecule has 0 aromatic carbocycles. The Labute approximate surface area is 112 Å². The van der Waals surface area contributed by atoms with Gasteiger partial charge in [0.2, 0.25) is 0 Å². The molecule has 0 amide bonds. The Bertz CT molecular complexity index is 424. The highest BCUT2D eigenvalue weighted by atomic mass is 16.4. The van der Waals surface area contributed by atoms with Crippen LogP contribution in [0.3, 0.4) is 0 Å². The van der Waals surface area contributed by atoms with E-state index in [2.05, 4.69) is 28.9 Å². The van der Waals surface area contributed by atoms with Gasteiger partial charge in [-0.3, -0.25) is 4.90 Å². The minimum Gasteiger partial charge on any atom is -0.476 e. The number of hydrogen-bond donors (Lipinski definition) is 1. The molecule has 1 aromatic heterocycles. The highest BCUT2D eigenvalue weighted by molar-refractivity contribution is 5.85. The van der Waals surface area contributed by atoms with Gasteiger partial charge in [-0.05, 0) is 14.1 Å². The monoisotopic (exact) mass is 268 g/mol. The van der Waals surface area contributed by atoms with Gasteiger partial charge < -0.3 is 19.3 Å². The fourth-order valence-electron chi connectivity index (χ4n) is 2.01. The molecule has 0 aliphatic carbocycles. The Kier molecular flexibility index (Phi) is 4.39. The largest absolute Gasteiger partial charge is 0.476 e. The molecule has 0 spiro atoms. The Balaban J connectivity index is 1.83. The van der Waals surface area contributed by atoms with Crippen LogP contribution in [0.25, 0.3) is 0 Å². The van der Waals surface area contributed by atoms with Crippen LogP contribution in [-0.2, 0) is 0 Å². The lowest BCUT2D eigenvalue weighted by Crippen LogP contribution is -2.48. The lowest BCUT2D eigenvalue weighted by Gasteiger charge is -2.34. The molecule has 0 unspecified atom stereocenters. The maximum atomic E-state index is 10.7. The van der Waals surface area contributed by atoms with E-state index >= 15 is 0 Å². The molecule has 1 aliphatic rings. The first-order valence-corrected chi connectivity index (χ1v) is 6.37. The first-order valence-electron chi connectivity index (χ1n) is 6.37. The molecule has 1 saturated heterocycles. The zero-order valence-electron chi connectivity index (χ0n) is 11.4. The molecule has 2 rings (SSSR count). The van der Waals surface area contributed by atoms with Crippen molar-refractivity contribution in [2.75, 3.05) is 58.3 Å². The van der Waals surface area contributed by atoms with Gasteiger partial charge in [0.15, 0.2) is 5.69 Å². The molecule has 1 aromatic rings. The second-order valence-corrected chi connectivity index (χ2v) is 4.95. The van der Waals surface area contributed by atoms with Gasteiger partial charge in [-0.1, -0.05) is 0 Å². The molecule has 7 nitrogen and oxygen atoms in total. The van der Waals surface area contributed by atoms with E-state index < -0.39 is 5.97 Å². The van der Waals surface area contributed by atoms with Crippen molar-refractivity contribution in [2.24, 2.45) is 0 Å². The topological polar surface area (TPSA) is 73.0 Å². The van der Waals surface area contributed by atoms with Gasteiger partial charge in [-0.25, -0.2) is 4.79 Å². The van der Waals surface area contributed by atoms with Gasteiger partial charge in [0.1, 0.15) is 6.26 Å². The molecule has 1 N–H and O–H groups in total. The summed E-state index contributed by atoms with van der Waals surface area (Å²) in [4.78, 5) is 21.2. The molecule has 1 fully saturated rings. The number of aromatic nitrogens is 1. The summed E-state index contributed by atoms with van der Waals surface area (Å²) in [5.41, 5.74) is -0.0370. The predicted molar refractivity (Wildman–Crippen MR) is 70.7 cm³/mol. The van der Waals surface area contributed by atoms with Crippen molar-refractivity contribution in [3.05, 3.63) is 12.0 Å². The van der Waals surface area contributed by atoms with E-state index in [1.165, 1.54) is 6.26 Å². The van der Waals surface area contributed by atoms with E-state index in [4.69, 9.17) is 9.52 Å². The van der Waals surface area contributed by atoms with Gasteiger partial charge >= 0.3 is 5.97 Å². The normalized spacial score (nSPS) is 17.1. The van der Waals surface area contributed by atoms with Crippen molar-refractivity contribution < 1.29 is 14.3 Å². The summed E-state index contributed by atoms with van der Waals surface area (Å²) in [7, 11) is 4.13. The molecule has 1 aliphatic heterocycles. The number of hydrogen-bond acceptors (Lipinski definition) is 6. The standard InChI is InChI=1S/C12H20N4O3/c1-14(2)3-4-15-5-7-16(8-6-15)12-13-10(9-19-12)11(17)18/h9H,3-8H2,1-2H3,(H,17,18). The summed E-state index contributed by atoms with van der Waals surface area (Å²) in [6, 6.07) is 0.407. The van der Waals surface area contributed by atoms with Crippen LogP contribution in [0, 0.1) is 0 Å². The Morgan fingerprint density at radius 3 is 2.63 bits per heavy atom. The Morgan fingerprint density at radius 1 is 1.42 bits per heavy atom. The molecule has 7 heteroatoms. The number of carboxylic acid groups (broad SMARTS) is 1. The molecule has 0 saturated carbocycles. The predicted octanol–water partition coefficient (Wildman–Crippen LogP) is 0.0564. The average molecular weight is 268 g/mol. The first kappa shape index (κ1) is 13.8. The van der Waals surface area contributed by atoms with Crippen molar-refractivity contribution in [3.8, 4) is 0 Å². The summed E-state index contributed by atoms with van der Waals surface area (Å²) < 4.78 is 5.21. The molecule has 2 heterocycles. The van der Waals surface area contributed by atoms with Crippen molar-refractivity contribution in [2.45, 2.75) is 0 Å². The molecule has 0 radical (unpaired) electrons. The van der Waals surface area contributed by atoms with Crippen LogP contribution in [0.4, 0.5) is 6.01 Å². The summed E-state index contributed by atoms with van der Waals surface area (Å²) in [6.07, 6.45) is 1.19. The van der Waals surface area contributed by atoms with Crippen LogP contribution >= 0.6 is 0 Å². The number of likely N-dealkylation sites (N-methyl/N-ethyl adjacent to an activating group) is 1. The van der Waals surface area contributed by atoms with Crippen LogP contribution in [0.15, 0.2) is 10.7 Å². The molecule has 0 bridgehead atoms. The van der Waals surface area contributed by atoms with E-state index in [9.17, 15) is 4.79 Å². The summed E-state index contributed by atoms with van der Waals surface area (Å²) >= 11 is 0. The summed E-state index contributed by atoms with van der Waals surface area (Å²) in [5.74, 6) is -1.06. The highest BCUT2D eigenvalue weighted by Gasteiger charge is 2.21. The van der Waals surface area contributed by atoms with Crippen LogP contribution in [0.1, 0.15) is 10.5 Å². The number of oxazole rings is 1. The van der Waals surface area contributed by atoms with E-state index in [0.29, 0.717) is 6.01 Å². The minimum absolute atomic E-state index is 0.0370. The Hall–Kier alpha value is -1.60. The molecular weight excluding hydrogens is 248 g/mol. The fourth-order valence-corrected chi connectivity index (χ4v) is 2.01. The van der Waals surface area contributed by atoms with Gasteiger partial charge in [0, 0.05) is 39.3 Å². The van der Waals surface area contributed by atoms with Crippen molar-refractivity contribution in [1.29, 1.82) is 0 Å². The maximum absolute atomic E-state index is 10.7. The molecule has 106 valence electrons. The molecule has 0 atom stereocenters. The van der Waals surface area contributed by atoms with Gasteiger partial charge in [0.25, 0.3) is 6.01 Å². The van der Waals surface area contributed by atoms with Crippen LogP contribution in [-0.4, -0.2) is 79.2 Å². The number of carbonyl (C=O) groups is 1.